The zero-order chi connectivity index (χ0) is 23.3. The molecule has 0 bridgehead atoms. The first-order valence-corrected chi connectivity index (χ1v) is 11.3. The summed E-state index contributed by atoms with van der Waals surface area (Å²) in [5.74, 6) is 0.521. The Hall–Kier alpha value is -3.60. The highest BCUT2D eigenvalue weighted by Gasteiger charge is 2.44. The van der Waals surface area contributed by atoms with Crippen molar-refractivity contribution < 1.29 is 14.3 Å². The van der Waals surface area contributed by atoms with Crippen LogP contribution >= 0.6 is 0 Å². The molecule has 5 heteroatoms. The van der Waals surface area contributed by atoms with Crippen LogP contribution in [0.15, 0.2) is 78.9 Å². The maximum Gasteiger partial charge on any atom is 0.225 e. The smallest absolute Gasteiger partial charge is 0.225 e. The third-order valence-electron chi connectivity index (χ3n) is 6.65. The monoisotopic (exact) mass is 442 g/mol. The number of hydrogen-bond donors (Lipinski definition) is 1. The number of carbonyl (C=O) groups excluding carboxylic acids is 2. The molecule has 33 heavy (non-hydrogen) atoms. The number of likely N-dealkylation sites (tertiary alicyclic amines) is 1. The largest absolute Gasteiger partial charge is 0.497 e. The van der Waals surface area contributed by atoms with Gasteiger partial charge in [0.15, 0.2) is 0 Å². The van der Waals surface area contributed by atoms with Gasteiger partial charge in [0.2, 0.25) is 11.8 Å². The van der Waals surface area contributed by atoms with Crippen molar-refractivity contribution in [1.29, 1.82) is 0 Å². The number of nitrogens with two attached hydrogens (primary N) is 1. The molecule has 5 nitrogen and oxygen atoms in total. The van der Waals surface area contributed by atoms with E-state index in [-0.39, 0.29) is 11.8 Å². The molecule has 4 rings (SSSR count). The number of benzene rings is 3. The molecule has 0 spiro atoms. The molecule has 1 aliphatic rings. The molecule has 3 aromatic carbocycles. The predicted molar refractivity (Wildman–Crippen MR) is 130 cm³/mol. The normalized spacial score (nSPS) is 17.7. The number of carbonyl (C=O) groups is 2. The zero-order valence-electron chi connectivity index (χ0n) is 19.0. The summed E-state index contributed by atoms with van der Waals surface area (Å²) in [6, 6.07) is 26.0. The molecule has 1 aliphatic heterocycles. The van der Waals surface area contributed by atoms with Gasteiger partial charge < -0.3 is 15.4 Å². The molecule has 1 saturated heterocycles. The lowest BCUT2D eigenvalue weighted by Crippen LogP contribution is -2.42. The third-order valence-corrected chi connectivity index (χ3v) is 6.65. The lowest BCUT2D eigenvalue weighted by molar-refractivity contribution is -0.132. The van der Waals surface area contributed by atoms with Crippen LogP contribution in [0.4, 0.5) is 0 Å². The lowest BCUT2D eigenvalue weighted by atomic mass is 9.78. The first kappa shape index (κ1) is 22.6. The predicted octanol–water partition coefficient (Wildman–Crippen LogP) is 4.24. The van der Waals surface area contributed by atoms with Crippen LogP contribution in [-0.2, 0) is 22.4 Å². The molecular formula is C28H30N2O3. The van der Waals surface area contributed by atoms with Gasteiger partial charge in [0, 0.05) is 19.5 Å². The van der Waals surface area contributed by atoms with Crippen molar-refractivity contribution in [1.82, 2.24) is 4.90 Å². The number of primary amides is 1. The lowest BCUT2D eigenvalue weighted by Gasteiger charge is -2.27. The van der Waals surface area contributed by atoms with Gasteiger partial charge in [-0.05, 0) is 53.6 Å². The second-order valence-electron chi connectivity index (χ2n) is 8.76. The maximum atomic E-state index is 12.9. The van der Waals surface area contributed by atoms with E-state index in [1.165, 1.54) is 0 Å². The number of ether oxygens (including phenoxy) is 1. The number of aryl methyl sites for hydroxylation is 1. The Bertz CT molecular complexity index is 1110. The Morgan fingerprint density at radius 1 is 0.970 bits per heavy atom. The summed E-state index contributed by atoms with van der Waals surface area (Å²) < 4.78 is 5.19. The molecule has 170 valence electrons. The quantitative estimate of drug-likeness (QED) is 0.567. The molecule has 0 aliphatic carbocycles. The Balaban J connectivity index is 1.46. The van der Waals surface area contributed by atoms with Crippen molar-refractivity contribution >= 4 is 11.8 Å². The van der Waals surface area contributed by atoms with E-state index >= 15 is 0 Å². The fraction of sp³-hybridized carbons (Fsp3) is 0.286. The van der Waals surface area contributed by atoms with Crippen LogP contribution < -0.4 is 10.5 Å². The number of amides is 2. The SMILES string of the molecule is COc1ccc(CCC(=O)N2CC[C@@](Cc3ccccc3-c3ccccc3)(C(N)=O)C2)cc1. The van der Waals surface area contributed by atoms with E-state index in [0.29, 0.717) is 38.8 Å². The fourth-order valence-corrected chi connectivity index (χ4v) is 4.66. The molecule has 1 fully saturated rings. The van der Waals surface area contributed by atoms with Gasteiger partial charge in [-0.2, -0.15) is 0 Å². The summed E-state index contributed by atoms with van der Waals surface area (Å²) in [5.41, 5.74) is 9.56. The van der Waals surface area contributed by atoms with Crippen LogP contribution in [0.2, 0.25) is 0 Å². The first-order chi connectivity index (χ1) is 16.0. The van der Waals surface area contributed by atoms with E-state index in [4.69, 9.17) is 10.5 Å². The number of methoxy groups -OCH3 is 1. The Morgan fingerprint density at radius 3 is 2.36 bits per heavy atom. The minimum absolute atomic E-state index is 0.0605. The van der Waals surface area contributed by atoms with Crippen LogP contribution in [0.5, 0.6) is 5.75 Å². The highest BCUT2D eigenvalue weighted by atomic mass is 16.5. The van der Waals surface area contributed by atoms with Crippen LogP contribution in [-0.4, -0.2) is 36.9 Å². The summed E-state index contributed by atoms with van der Waals surface area (Å²) in [6.07, 6.45) is 2.16. The number of hydrogen-bond acceptors (Lipinski definition) is 3. The average molecular weight is 443 g/mol. The van der Waals surface area contributed by atoms with Crippen molar-refractivity contribution in [2.75, 3.05) is 20.2 Å². The summed E-state index contributed by atoms with van der Waals surface area (Å²) in [4.78, 5) is 27.4. The summed E-state index contributed by atoms with van der Waals surface area (Å²) >= 11 is 0. The molecule has 0 saturated carbocycles. The molecule has 0 aromatic heterocycles. The molecular weight excluding hydrogens is 412 g/mol. The second kappa shape index (κ2) is 9.90. The average Bonchev–Trinajstić information content (AvgIpc) is 3.29. The zero-order valence-corrected chi connectivity index (χ0v) is 19.0. The van der Waals surface area contributed by atoms with Gasteiger partial charge in [-0.1, -0.05) is 66.7 Å². The maximum absolute atomic E-state index is 12.9. The topological polar surface area (TPSA) is 72.6 Å². The second-order valence-corrected chi connectivity index (χ2v) is 8.76. The van der Waals surface area contributed by atoms with Gasteiger partial charge in [-0.3, -0.25) is 9.59 Å². The van der Waals surface area contributed by atoms with E-state index in [9.17, 15) is 9.59 Å². The van der Waals surface area contributed by atoms with Crippen molar-refractivity contribution in [3.63, 3.8) is 0 Å². The minimum atomic E-state index is -0.749. The fourth-order valence-electron chi connectivity index (χ4n) is 4.66. The number of nitrogens with zero attached hydrogens (tertiary/aromatic N) is 1. The van der Waals surface area contributed by atoms with E-state index in [1.54, 1.807) is 12.0 Å². The van der Waals surface area contributed by atoms with Crippen LogP contribution in [0, 0.1) is 5.41 Å². The van der Waals surface area contributed by atoms with Crippen LogP contribution in [0.25, 0.3) is 11.1 Å². The Kier molecular flexibility index (Phi) is 6.78. The first-order valence-electron chi connectivity index (χ1n) is 11.3. The van der Waals surface area contributed by atoms with Crippen molar-refractivity contribution in [2.45, 2.75) is 25.7 Å². The van der Waals surface area contributed by atoms with Crippen molar-refractivity contribution in [3.8, 4) is 16.9 Å². The van der Waals surface area contributed by atoms with Gasteiger partial charge in [0.1, 0.15) is 5.75 Å². The van der Waals surface area contributed by atoms with E-state index in [1.807, 2.05) is 54.6 Å². The highest BCUT2D eigenvalue weighted by molar-refractivity contribution is 5.85. The van der Waals surface area contributed by atoms with Crippen LogP contribution in [0.3, 0.4) is 0 Å². The molecule has 1 atom stereocenters. The highest BCUT2D eigenvalue weighted by Crippen LogP contribution is 2.37. The van der Waals surface area contributed by atoms with Crippen molar-refractivity contribution in [3.05, 3.63) is 90.0 Å². The van der Waals surface area contributed by atoms with Gasteiger partial charge >= 0.3 is 0 Å². The summed E-state index contributed by atoms with van der Waals surface area (Å²) in [5, 5.41) is 0. The molecule has 2 amide bonds. The molecule has 0 radical (unpaired) electrons. The third kappa shape index (κ3) is 5.08. The Labute approximate surface area is 195 Å². The van der Waals surface area contributed by atoms with E-state index < -0.39 is 5.41 Å². The van der Waals surface area contributed by atoms with Gasteiger partial charge in [0.05, 0.1) is 12.5 Å². The molecule has 1 heterocycles. The van der Waals surface area contributed by atoms with Crippen molar-refractivity contribution in [2.24, 2.45) is 11.1 Å². The molecule has 0 unspecified atom stereocenters. The van der Waals surface area contributed by atoms with E-state index in [2.05, 4.69) is 24.3 Å². The molecule has 3 aromatic rings. The number of rotatable bonds is 8. The van der Waals surface area contributed by atoms with Crippen LogP contribution in [0.1, 0.15) is 24.0 Å². The van der Waals surface area contributed by atoms with Gasteiger partial charge in [-0.15, -0.1) is 0 Å². The van der Waals surface area contributed by atoms with Gasteiger partial charge in [0.25, 0.3) is 0 Å². The van der Waals surface area contributed by atoms with E-state index in [0.717, 1.165) is 28.0 Å². The standard InChI is InChI=1S/C28H30N2O3/c1-33-24-14-11-21(12-15-24)13-16-26(31)30-18-17-28(20-30,27(29)32)19-23-9-5-6-10-25(23)22-7-3-2-4-8-22/h2-12,14-15H,13,16-20H2,1H3,(H2,29,32)/t28-/m0/s1. The van der Waals surface area contributed by atoms with Gasteiger partial charge in [-0.25, -0.2) is 0 Å². The Morgan fingerprint density at radius 2 is 1.67 bits per heavy atom. The summed E-state index contributed by atoms with van der Waals surface area (Å²) in [6.45, 7) is 0.921. The summed E-state index contributed by atoms with van der Waals surface area (Å²) in [7, 11) is 1.63. The minimum Gasteiger partial charge on any atom is -0.497 e. The molecule has 2 N–H and O–H groups in total.